The summed E-state index contributed by atoms with van der Waals surface area (Å²) in [6, 6.07) is 0. The van der Waals surface area contributed by atoms with E-state index in [0.717, 1.165) is 0 Å². The summed E-state index contributed by atoms with van der Waals surface area (Å²) in [4.78, 5) is 14.3. The van der Waals surface area contributed by atoms with E-state index in [1.54, 1.807) is 6.92 Å². The van der Waals surface area contributed by atoms with Gasteiger partial charge in [0.25, 0.3) is 0 Å². The van der Waals surface area contributed by atoms with E-state index in [-0.39, 0.29) is 0 Å². The molecule has 2 N–H and O–H groups in total. The van der Waals surface area contributed by atoms with Gasteiger partial charge in [0, 0.05) is 6.42 Å². The highest BCUT2D eigenvalue weighted by Crippen LogP contribution is 1.98. The van der Waals surface area contributed by atoms with Gasteiger partial charge in [0.2, 0.25) is 0 Å². The smallest absolute Gasteiger partial charge is 0.435 e. The molecule has 0 saturated carbocycles. The summed E-state index contributed by atoms with van der Waals surface area (Å²) in [6.07, 6.45) is 0.0226. The average molecular weight is 172 g/mol. The van der Waals surface area contributed by atoms with E-state index in [4.69, 9.17) is 5.73 Å². The Morgan fingerprint density at radius 1 is 1.58 bits per heavy atom. The van der Waals surface area contributed by atoms with Gasteiger partial charge in [0.05, 0.1) is 6.61 Å². The second-order valence-electron chi connectivity index (χ2n) is 2.90. The van der Waals surface area contributed by atoms with Crippen LogP contribution in [0.15, 0.2) is 4.99 Å². The molecule has 0 atom stereocenters. The standard InChI is InChI=1S/C8H16N2O2/c1-4-12-8(11)10-7(9)5-6(2)3/h6H,4-5H2,1-3H3,(H2,9,10,11). The number of carbonyl (C=O) groups is 1. The topological polar surface area (TPSA) is 64.7 Å². The lowest BCUT2D eigenvalue weighted by molar-refractivity contribution is 0.163. The summed E-state index contributed by atoms with van der Waals surface area (Å²) in [5.41, 5.74) is 5.45. The van der Waals surface area contributed by atoms with Crippen molar-refractivity contribution in [1.29, 1.82) is 0 Å². The zero-order valence-corrected chi connectivity index (χ0v) is 7.83. The van der Waals surface area contributed by atoms with Gasteiger partial charge >= 0.3 is 6.09 Å². The number of nitrogens with two attached hydrogens (primary N) is 1. The number of aliphatic imine (C=N–C) groups is 1. The molecule has 0 aromatic heterocycles. The highest BCUT2D eigenvalue weighted by atomic mass is 16.5. The number of ether oxygens (including phenoxy) is 1. The van der Waals surface area contributed by atoms with Gasteiger partial charge in [-0.05, 0) is 12.8 Å². The molecule has 0 saturated heterocycles. The maximum Gasteiger partial charge on any atom is 0.435 e. The van der Waals surface area contributed by atoms with Crippen LogP contribution in [0, 0.1) is 5.92 Å². The van der Waals surface area contributed by atoms with Crippen molar-refractivity contribution in [3.63, 3.8) is 0 Å². The van der Waals surface area contributed by atoms with Crippen LogP contribution in [0.25, 0.3) is 0 Å². The first-order valence-corrected chi connectivity index (χ1v) is 4.06. The molecule has 4 heteroatoms. The predicted molar refractivity (Wildman–Crippen MR) is 48.1 cm³/mol. The van der Waals surface area contributed by atoms with E-state index >= 15 is 0 Å². The largest absolute Gasteiger partial charge is 0.448 e. The normalized spacial score (nSPS) is 11.8. The van der Waals surface area contributed by atoms with Crippen molar-refractivity contribution in [1.82, 2.24) is 0 Å². The molecule has 0 fully saturated rings. The van der Waals surface area contributed by atoms with Crippen molar-refractivity contribution >= 4 is 11.9 Å². The third kappa shape index (κ3) is 5.70. The quantitative estimate of drug-likeness (QED) is 0.518. The minimum Gasteiger partial charge on any atom is -0.448 e. The molecule has 0 unspecified atom stereocenters. The van der Waals surface area contributed by atoms with Crippen LogP contribution in [0.4, 0.5) is 4.79 Å². The zero-order chi connectivity index (χ0) is 9.56. The zero-order valence-electron chi connectivity index (χ0n) is 7.83. The average Bonchev–Trinajstić information content (AvgIpc) is 1.84. The van der Waals surface area contributed by atoms with Crippen molar-refractivity contribution in [2.24, 2.45) is 16.6 Å². The molecule has 0 radical (unpaired) electrons. The van der Waals surface area contributed by atoms with E-state index in [1.807, 2.05) is 13.8 Å². The van der Waals surface area contributed by atoms with E-state index in [1.165, 1.54) is 0 Å². The van der Waals surface area contributed by atoms with Gasteiger partial charge in [0.15, 0.2) is 0 Å². The molecule has 0 rings (SSSR count). The number of carbonyl (C=O) groups excluding carboxylic acids is 1. The van der Waals surface area contributed by atoms with Gasteiger partial charge in [-0.3, -0.25) is 0 Å². The van der Waals surface area contributed by atoms with Gasteiger partial charge in [-0.15, -0.1) is 0 Å². The predicted octanol–water partition coefficient (Wildman–Crippen LogP) is 1.55. The summed E-state index contributed by atoms with van der Waals surface area (Å²) in [5.74, 6) is 0.742. The summed E-state index contributed by atoms with van der Waals surface area (Å²) >= 11 is 0. The molecule has 0 aliphatic carbocycles. The molecule has 0 bridgehead atoms. The molecule has 0 spiro atoms. The lowest BCUT2D eigenvalue weighted by Crippen LogP contribution is -2.17. The van der Waals surface area contributed by atoms with Crippen molar-refractivity contribution in [3.8, 4) is 0 Å². The molecular formula is C8H16N2O2. The molecule has 0 aromatic rings. The van der Waals surface area contributed by atoms with Crippen LogP contribution in [0.5, 0.6) is 0 Å². The Kier molecular flexibility index (Phi) is 5.08. The first-order chi connectivity index (χ1) is 5.56. The summed E-state index contributed by atoms with van der Waals surface area (Å²) < 4.78 is 4.59. The lowest BCUT2D eigenvalue weighted by Gasteiger charge is -2.02. The van der Waals surface area contributed by atoms with Gasteiger partial charge < -0.3 is 10.5 Å². The number of rotatable bonds is 3. The Morgan fingerprint density at radius 3 is 2.58 bits per heavy atom. The summed E-state index contributed by atoms with van der Waals surface area (Å²) in [7, 11) is 0. The fraction of sp³-hybridized carbons (Fsp3) is 0.750. The van der Waals surface area contributed by atoms with Crippen molar-refractivity contribution in [2.45, 2.75) is 27.2 Å². The van der Waals surface area contributed by atoms with Gasteiger partial charge in [-0.1, -0.05) is 13.8 Å². The van der Waals surface area contributed by atoms with Crippen LogP contribution in [-0.2, 0) is 4.74 Å². The maximum atomic E-state index is 10.7. The van der Waals surface area contributed by atoms with Crippen LogP contribution in [-0.4, -0.2) is 18.5 Å². The Balaban J connectivity index is 3.89. The van der Waals surface area contributed by atoms with E-state index in [9.17, 15) is 4.79 Å². The van der Waals surface area contributed by atoms with Gasteiger partial charge in [-0.2, -0.15) is 4.99 Å². The van der Waals surface area contributed by atoms with E-state index < -0.39 is 6.09 Å². The highest BCUT2D eigenvalue weighted by molar-refractivity contribution is 5.90. The Bertz CT molecular complexity index is 176. The molecule has 12 heavy (non-hydrogen) atoms. The van der Waals surface area contributed by atoms with E-state index in [0.29, 0.717) is 24.8 Å². The second kappa shape index (κ2) is 5.57. The van der Waals surface area contributed by atoms with Crippen LogP contribution >= 0.6 is 0 Å². The lowest BCUT2D eigenvalue weighted by atomic mass is 10.1. The third-order valence-corrected chi connectivity index (χ3v) is 1.12. The number of hydrogen-bond acceptors (Lipinski definition) is 2. The summed E-state index contributed by atoms with van der Waals surface area (Å²) in [6.45, 7) is 6.07. The highest BCUT2D eigenvalue weighted by Gasteiger charge is 2.02. The van der Waals surface area contributed by atoms with Crippen LogP contribution in [0.2, 0.25) is 0 Å². The van der Waals surface area contributed by atoms with Crippen LogP contribution in [0.3, 0.4) is 0 Å². The second-order valence-corrected chi connectivity index (χ2v) is 2.90. The molecule has 0 aromatic carbocycles. The minimum absolute atomic E-state index is 0.331. The van der Waals surface area contributed by atoms with Crippen LogP contribution < -0.4 is 5.73 Å². The maximum absolute atomic E-state index is 10.7. The van der Waals surface area contributed by atoms with Gasteiger partial charge in [-0.25, -0.2) is 4.79 Å². The number of nitrogens with zero attached hydrogens (tertiary/aromatic N) is 1. The monoisotopic (exact) mass is 172 g/mol. The van der Waals surface area contributed by atoms with Crippen LogP contribution in [0.1, 0.15) is 27.2 Å². The van der Waals surface area contributed by atoms with E-state index in [2.05, 4.69) is 9.73 Å². The molecule has 0 heterocycles. The third-order valence-electron chi connectivity index (χ3n) is 1.12. The Labute approximate surface area is 72.8 Å². The number of hydrogen-bond donors (Lipinski definition) is 1. The molecular weight excluding hydrogens is 156 g/mol. The minimum atomic E-state index is -0.601. The number of amides is 1. The molecule has 0 aliphatic rings. The fourth-order valence-electron chi connectivity index (χ4n) is 0.737. The molecule has 4 nitrogen and oxygen atoms in total. The van der Waals surface area contributed by atoms with Crippen molar-refractivity contribution in [3.05, 3.63) is 0 Å². The Hall–Kier alpha value is -1.06. The molecule has 70 valence electrons. The van der Waals surface area contributed by atoms with Crippen molar-refractivity contribution < 1.29 is 9.53 Å². The molecule has 0 aliphatic heterocycles. The fourth-order valence-corrected chi connectivity index (χ4v) is 0.737. The number of amidine groups is 1. The summed E-state index contributed by atoms with van der Waals surface area (Å²) in [5, 5.41) is 0. The molecule has 1 amide bonds. The van der Waals surface area contributed by atoms with Gasteiger partial charge in [0.1, 0.15) is 5.84 Å². The van der Waals surface area contributed by atoms with Crippen molar-refractivity contribution in [2.75, 3.05) is 6.61 Å². The Morgan fingerprint density at radius 2 is 2.17 bits per heavy atom. The first-order valence-electron chi connectivity index (χ1n) is 4.06. The first kappa shape index (κ1) is 10.9. The SMILES string of the molecule is CCOC(=O)/N=C(\N)CC(C)C.